The third-order valence-electron chi connectivity index (χ3n) is 4.79. The highest BCUT2D eigenvalue weighted by molar-refractivity contribution is 9.10. The van der Waals surface area contributed by atoms with Gasteiger partial charge in [-0.3, -0.25) is 14.9 Å². The maximum atomic E-state index is 12.6. The highest BCUT2D eigenvalue weighted by Gasteiger charge is 2.20. The van der Waals surface area contributed by atoms with Gasteiger partial charge in [0.05, 0.1) is 22.6 Å². The molecule has 0 atom stereocenters. The van der Waals surface area contributed by atoms with Crippen molar-refractivity contribution >= 4 is 49.4 Å². The molecule has 184 valence electrons. The number of nitro groups is 1. The number of benzene rings is 3. The lowest BCUT2D eigenvalue weighted by molar-refractivity contribution is -0.384. The summed E-state index contributed by atoms with van der Waals surface area (Å²) in [6.07, 6.45) is 1.24. The molecule has 0 aliphatic heterocycles. The van der Waals surface area contributed by atoms with E-state index >= 15 is 0 Å². The third kappa shape index (κ3) is 6.26. The number of methoxy groups -OCH3 is 1. The van der Waals surface area contributed by atoms with Crippen LogP contribution in [0.5, 0.6) is 11.5 Å². The molecule has 0 heterocycles. The average molecular weight is 572 g/mol. The molecule has 0 radical (unpaired) electrons. The Bertz CT molecular complexity index is 1510. The summed E-state index contributed by atoms with van der Waals surface area (Å²) in [7, 11) is -2.74. The van der Waals surface area contributed by atoms with Crippen molar-refractivity contribution in [2.45, 2.75) is 11.8 Å². The number of carbonyl (C=O) groups is 1. The average Bonchev–Trinajstić information content (AvgIpc) is 2.84. The van der Waals surface area contributed by atoms with Crippen LogP contribution < -0.4 is 14.2 Å². The summed E-state index contributed by atoms with van der Waals surface area (Å²) < 4.78 is 35.5. The second kappa shape index (κ2) is 11.0. The molecule has 0 unspecified atom stereocenters. The summed E-state index contributed by atoms with van der Waals surface area (Å²) in [6.45, 7) is 1.83. The van der Waals surface area contributed by atoms with Gasteiger partial charge in [0.15, 0.2) is 5.75 Å². The first kappa shape index (κ1) is 26.4. The second-order valence-electron chi connectivity index (χ2n) is 7.30. The fourth-order valence-corrected chi connectivity index (χ4v) is 4.48. The number of carbonyl (C=O) groups excluding carboxylic acids is 1. The lowest BCUT2D eigenvalue weighted by atomic mass is 10.1. The Morgan fingerprint density at radius 1 is 1.14 bits per heavy atom. The van der Waals surface area contributed by atoms with E-state index in [1.807, 2.05) is 6.92 Å². The number of hydrogen-bond donors (Lipinski definition) is 1. The largest absolute Gasteiger partial charge is 0.496 e. The molecule has 0 aliphatic rings. The van der Waals surface area contributed by atoms with E-state index in [-0.39, 0.29) is 32.1 Å². The van der Waals surface area contributed by atoms with Crippen LogP contribution >= 0.6 is 15.9 Å². The Morgan fingerprint density at radius 2 is 1.83 bits per heavy atom. The quantitative estimate of drug-likeness (QED) is 0.131. The Hall–Kier alpha value is -4.21. The van der Waals surface area contributed by atoms with Crippen molar-refractivity contribution in [3.63, 3.8) is 0 Å². The topological polar surface area (TPSA) is 149 Å². The minimum atomic E-state index is -4.08. The normalized spacial score (nSPS) is 11.3. The van der Waals surface area contributed by atoms with E-state index in [0.29, 0.717) is 5.56 Å². The fraction of sp³-hybridized carbons (Fsp3) is 0.0833. The van der Waals surface area contributed by atoms with Crippen molar-refractivity contribution in [1.29, 1.82) is 5.26 Å². The van der Waals surface area contributed by atoms with Gasteiger partial charge in [-0.2, -0.15) is 13.7 Å². The van der Waals surface area contributed by atoms with Crippen LogP contribution in [0.15, 0.2) is 75.6 Å². The lowest BCUT2D eigenvalue weighted by Gasteiger charge is -2.10. The Balaban J connectivity index is 1.83. The van der Waals surface area contributed by atoms with Crippen molar-refractivity contribution < 1.29 is 27.1 Å². The molecule has 3 aromatic rings. The zero-order valence-corrected chi connectivity index (χ0v) is 21.3. The zero-order chi connectivity index (χ0) is 26.5. The van der Waals surface area contributed by atoms with Gasteiger partial charge in [-0.25, -0.2) is 0 Å². The van der Waals surface area contributed by atoms with E-state index in [1.54, 1.807) is 18.2 Å². The number of nitrogens with zero attached hydrogens (tertiary/aromatic N) is 2. The number of amides is 1. The second-order valence-corrected chi connectivity index (χ2v) is 9.71. The predicted molar refractivity (Wildman–Crippen MR) is 135 cm³/mol. The molecule has 0 saturated heterocycles. The number of rotatable bonds is 8. The molecule has 0 bridgehead atoms. The molecule has 3 aromatic carbocycles. The van der Waals surface area contributed by atoms with Gasteiger partial charge in [-0.1, -0.05) is 23.8 Å². The molecule has 0 spiro atoms. The molecule has 0 saturated carbocycles. The number of ether oxygens (including phenoxy) is 1. The maximum Gasteiger partial charge on any atom is 0.339 e. The summed E-state index contributed by atoms with van der Waals surface area (Å²) in [4.78, 5) is 23.3. The van der Waals surface area contributed by atoms with Gasteiger partial charge in [0.25, 0.3) is 11.6 Å². The van der Waals surface area contributed by atoms with E-state index in [9.17, 15) is 28.6 Å². The zero-order valence-electron chi connectivity index (χ0n) is 18.9. The summed E-state index contributed by atoms with van der Waals surface area (Å²) in [5.41, 5.74) is 0.410. The van der Waals surface area contributed by atoms with Crippen molar-refractivity contribution in [3.05, 3.63) is 92.0 Å². The number of nitriles is 1. The first-order valence-corrected chi connectivity index (χ1v) is 12.3. The van der Waals surface area contributed by atoms with Gasteiger partial charge < -0.3 is 14.2 Å². The van der Waals surface area contributed by atoms with Crippen LogP contribution in [0, 0.1) is 28.4 Å². The highest BCUT2D eigenvalue weighted by atomic mass is 79.9. The number of nitro benzene ring substituents is 1. The van der Waals surface area contributed by atoms with E-state index < -0.39 is 26.6 Å². The monoisotopic (exact) mass is 571 g/mol. The molecule has 0 fully saturated rings. The Kier molecular flexibility index (Phi) is 8.08. The molecule has 36 heavy (non-hydrogen) atoms. The van der Waals surface area contributed by atoms with Gasteiger partial charge >= 0.3 is 10.1 Å². The fourth-order valence-electron chi connectivity index (χ4n) is 2.95. The molecule has 1 amide bonds. The van der Waals surface area contributed by atoms with Crippen molar-refractivity contribution in [3.8, 4) is 17.6 Å². The third-order valence-corrected chi connectivity index (χ3v) is 6.66. The predicted octanol–water partition coefficient (Wildman–Crippen LogP) is 4.99. The Labute approximate surface area is 215 Å². The van der Waals surface area contributed by atoms with Crippen LogP contribution in [-0.2, 0) is 14.9 Å². The summed E-state index contributed by atoms with van der Waals surface area (Å²) in [5.74, 6) is -0.638. The van der Waals surface area contributed by atoms with Gasteiger partial charge in [0, 0.05) is 0 Å². The van der Waals surface area contributed by atoms with Crippen LogP contribution in [0.4, 0.5) is 11.4 Å². The smallest absolute Gasteiger partial charge is 0.339 e. The SMILES string of the molecule is COc1ccc(NC(=O)/C(C#N)=C/c2ccc(OS(=O)(=O)c3ccc(C)cc3)c(Br)c2)c([N+](=O)[O-])c1. The molecule has 0 aromatic heterocycles. The van der Waals surface area contributed by atoms with E-state index in [2.05, 4.69) is 21.2 Å². The molecular formula is C24H18BrN3O7S. The Morgan fingerprint density at radius 3 is 2.42 bits per heavy atom. The molecule has 1 N–H and O–H groups in total. The van der Waals surface area contributed by atoms with Crippen molar-refractivity contribution in [2.24, 2.45) is 0 Å². The minimum Gasteiger partial charge on any atom is -0.496 e. The van der Waals surface area contributed by atoms with Crippen LogP contribution in [0.1, 0.15) is 11.1 Å². The van der Waals surface area contributed by atoms with Gasteiger partial charge in [0.2, 0.25) is 0 Å². The summed E-state index contributed by atoms with van der Waals surface area (Å²) in [6, 6.07) is 16.0. The van der Waals surface area contributed by atoms with E-state index in [0.717, 1.165) is 11.6 Å². The number of halogens is 1. The standard InChI is InChI=1S/C24H18BrN3O7S/c1-15-3-7-19(8-4-15)36(32,33)35-23-10-5-16(12-20(23)25)11-17(14-26)24(29)27-21-9-6-18(34-2)13-22(21)28(30)31/h3-13H,1-2H3,(H,27,29)/b17-11+. The van der Waals surface area contributed by atoms with Gasteiger partial charge in [0.1, 0.15) is 28.0 Å². The van der Waals surface area contributed by atoms with E-state index in [1.165, 1.54) is 55.7 Å². The van der Waals surface area contributed by atoms with Crippen molar-refractivity contribution in [2.75, 3.05) is 12.4 Å². The van der Waals surface area contributed by atoms with Crippen molar-refractivity contribution in [1.82, 2.24) is 0 Å². The first-order chi connectivity index (χ1) is 17.0. The number of nitrogens with one attached hydrogen (secondary N) is 1. The molecular weight excluding hydrogens is 554 g/mol. The van der Waals surface area contributed by atoms with Crippen LogP contribution in [0.25, 0.3) is 6.08 Å². The number of hydrogen-bond acceptors (Lipinski definition) is 8. The summed E-state index contributed by atoms with van der Waals surface area (Å²) >= 11 is 3.24. The maximum absolute atomic E-state index is 12.6. The first-order valence-electron chi connectivity index (χ1n) is 10.1. The highest BCUT2D eigenvalue weighted by Crippen LogP contribution is 2.31. The minimum absolute atomic E-state index is 0.00421. The number of anilines is 1. The summed E-state index contributed by atoms with van der Waals surface area (Å²) in [5, 5.41) is 23.2. The number of aryl methyl sites for hydroxylation is 1. The molecule has 3 rings (SSSR count). The van der Waals surface area contributed by atoms with Gasteiger partial charge in [-0.05, 0) is 70.9 Å². The molecule has 10 nitrogen and oxygen atoms in total. The van der Waals surface area contributed by atoms with Crippen LogP contribution in [-0.4, -0.2) is 26.4 Å². The lowest BCUT2D eigenvalue weighted by Crippen LogP contribution is -2.14. The van der Waals surface area contributed by atoms with Crippen LogP contribution in [0.3, 0.4) is 0 Å². The van der Waals surface area contributed by atoms with Gasteiger partial charge in [-0.15, -0.1) is 0 Å². The van der Waals surface area contributed by atoms with Crippen LogP contribution in [0.2, 0.25) is 0 Å². The van der Waals surface area contributed by atoms with E-state index in [4.69, 9.17) is 8.92 Å². The molecule has 0 aliphatic carbocycles. The molecule has 12 heteroatoms.